The largest absolute Gasteiger partial charge is 0.434 e. The Labute approximate surface area is 102 Å². The molecule has 19 heavy (non-hydrogen) atoms. The van der Waals surface area contributed by atoms with Crippen LogP contribution in [0.1, 0.15) is 11.3 Å². The molecular weight excluding hydrogens is 274 g/mol. The van der Waals surface area contributed by atoms with Crippen molar-refractivity contribution >= 4 is 16.6 Å². The second-order valence-electron chi connectivity index (χ2n) is 3.76. The topological polar surface area (TPSA) is 38.9 Å². The molecule has 0 bridgehead atoms. The highest BCUT2D eigenvalue weighted by atomic mass is 19.4. The number of fused-ring (bicyclic) bond motifs is 1. The molecule has 0 radical (unpaired) electrons. The number of hydrogen-bond donors (Lipinski definition) is 1. The fraction of sp³-hybridized carbons (Fsp3) is 0.182. The third-order valence-electron chi connectivity index (χ3n) is 2.48. The van der Waals surface area contributed by atoms with E-state index in [0.29, 0.717) is 0 Å². The molecule has 1 aromatic heterocycles. The zero-order chi connectivity index (χ0) is 14.4. The lowest BCUT2D eigenvalue weighted by atomic mass is 10.1. The summed E-state index contributed by atoms with van der Waals surface area (Å²) < 4.78 is 76.2. The van der Waals surface area contributed by atoms with Crippen LogP contribution in [0.5, 0.6) is 0 Å². The summed E-state index contributed by atoms with van der Waals surface area (Å²) >= 11 is 0. The van der Waals surface area contributed by atoms with Gasteiger partial charge in [-0.1, -0.05) is 18.2 Å². The number of alkyl halides is 6. The number of nitrogens with two attached hydrogens (primary N) is 1. The van der Waals surface area contributed by atoms with Crippen molar-refractivity contribution in [2.24, 2.45) is 0 Å². The molecule has 0 amide bonds. The minimum absolute atomic E-state index is 0.164. The molecule has 0 aliphatic heterocycles. The van der Waals surface area contributed by atoms with Crippen molar-refractivity contribution in [3.63, 3.8) is 0 Å². The summed E-state index contributed by atoms with van der Waals surface area (Å²) in [6.45, 7) is 0. The Morgan fingerprint density at radius 1 is 0.895 bits per heavy atom. The average Bonchev–Trinajstić information content (AvgIpc) is 2.26. The second-order valence-corrected chi connectivity index (χ2v) is 3.76. The number of aromatic nitrogens is 1. The van der Waals surface area contributed by atoms with Gasteiger partial charge in [0.2, 0.25) is 0 Å². The molecule has 2 aromatic rings. The Kier molecular flexibility index (Phi) is 2.83. The molecule has 8 heteroatoms. The third-order valence-corrected chi connectivity index (χ3v) is 2.48. The highest BCUT2D eigenvalue weighted by Gasteiger charge is 2.46. The maximum atomic E-state index is 12.7. The number of anilines is 1. The van der Waals surface area contributed by atoms with Crippen LogP contribution >= 0.6 is 0 Å². The van der Waals surface area contributed by atoms with E-state index in [-0.39, 0.29) is 10.9 Å². The lowest BCUT2D eigenvalue weighted by Crippen LogP contribution is -2.20. The first-order chi connectivity index (χ1) is 8.62. The van der Waals surface area contributed by atoms with Crippen LogP contribution in [0.25, 0.3) is 10.9 Å². The van der Waals surface area contributed by atoms with Crippen molar-refractivity contribution in [2.75, 3.05) is 5.73 Å². The van der Waals surface area contributed by atoms with Gasteiger partial charge in [0.05, 0.1) is 11.2 Å². The maximum Gasteiger partial charge on any atom is 0.434 e. The van der Waals surface area contributed by atoms with E-state index >= 15 is 0 Å². The van der Waals surface area contributed by atoms with E-state index in [1.54, 1.807) is 0 Å². The summed E-state index contributed by atoms with van der Waals surface area (Å²) in [6.07, 6.45) is -10.5. The minimum atomic E-state index is -5.23. The summed E-state index contributed by atoms with van der Waals surface area (Å²) in [4.78, 5) is 3.05. The third kappa shape index (κ3) is 2.29. The average molecular weight is 280 g/mol. The molecule has 0 saturated carbocycles. The molecule has 0 aliphatic carbocycles. The van der Waals surface area contributed by atoms with Crippen LogP contribution in [-0.2, 0) is 12.4 Å². The Balaban J connectivity index is 2.93. The number of nitrogen functional groups attached to an aromatic ring is 1. The number of nitrogens with zero attached hydrogens (tertiary/aromatic N) is 1. The van der Waals surface area contributed by atoms with E-state index in [4.69, 9.17) is 5.73 Å². The van der Waals surface area contributed by atoms with Gasteiger partial charge in [-0.3, -0.25) is 0 Å². The van der Waals surface area contributed by atoms with Gasteiger partial charge in [-0.05, 0) is 6.07 Å². The number of para-hydroxylation sites is 1. The van der Waals surface area contributed by atoms with E-state index in [0.717, 1.165) is 0 Å². The zero-order valence-electron chi connectivity index (χ0n) is 9.10. The van der Waals surface area contributed by atoms with E-state index < -0.39 is 29.3 Å². The second kappa shape index (κ2) is 4.01. The van der Waals surface area contributed by atoms with Crippen LogP contribution in [0.2, 0.25) is 0 Å². The summed E-state index contributed by atoms with van der Waals surface area (Å²) in [7, 11) is 0. The monoisotopic (exact) mass is 280 g/mol. The molecule has 2 N–H and O–H groups in total. The highest BCUT2D eigenvalue weighted by molar-refractivity contribution is 5.92. The molecule has 0 unspecified atom stereocenters. The Hall–Kier alpha value is -1.99. The van der Waals surface area contributed by atoms with E-state index in [1.807, 2.05) is 0 Å². The van der Waals surface area contributed by atoms with Gasteiger partial charge < -0.3 is 5.73 Å². The first-order valence-corrected chi connectivity index (χ1v) is 4.95. The van der Waals surface area contributed by atoms with Crippen LogP contribution in [-0.4, -0.2) is 4.98 Å². The van der Waals surface area contributed by atoms with Crippen molar-refractivity contribution in [2.45, 2.75) is 12.4 Å². The van der Waals surface area contributed by atoms with Gasteiger partial charge in [0, 0.05) is 5.39 Å². The van der Waals surface area contributed by atoms with Gasteiger partial charge in [0.15, 0.2) is 5.69 Å². The smallest absolute Gasteiger partial charge is 0.398 e. The highest BCUT2D eigenvalue weighted by Crippen LogP contribution is 2.44. The Morgan fingerprint density at radius 3 is 2.00 bits per heavy atom. The lowest BCUT2D eigenvalue weighted by Gasteiger charge is -2.18. The first-order valence-electron chi connectivity index (χ1n) is 4.95. The van der Waals surface area contributed by atoms with Gasteiger partial charge >= 0.3 is 12.4 Å². The van der Waals surface area contributed by atoms with Crippen LogP contribution in [0.15, 0.2) is 24.3 Å². The Bertz CT molecular complexity index is 629. The first kappa shape index (κ1) is 13.4. The van der Waals surface area contributed by atoms with E-state index in [1.165, 1.54) is 24.3 Å². The standard InChI is InChI=1S/C11H6F6N2/c12-10(13,14)7-8(18)5-3-1-2-4-6(5)19-9(7)11(15,16)17/h1-4H,(H2,18,19). The van der Waals surface area contributed by atoms with Crippen molar-refractivity contribution in [1.82, 2.24) is 4.98 Å². The fourth-order valence-corrected chi connectivity index (χ4v) is 1.73. The van der Waals surface area contributed by atoms with Gasteiger partial charge in [0.25, 0.3) is 0 Å². The number of pyridine rings is 1. The van der Waals surface area contributed by atoms with E-state index in [2.05, 4.69) is 4.98 Å². The van der Waals surface area contributed by atoms with Gasteiger partial charge in [0.1, 0.15) is 5.56 Å². The number of hydrogen-bond acceptors (Lipinski definition) is 2. The quantitative estimate of drug-likeness (QED) is 0.744. The molecule has 0 spiro atoms. The molecule has 102 valence electrons. The molecule has 2 nitrogen and oxygen atoms in total. The van der Waals surface area contributed by atoms with Crippen molar-refractivity contribution < 1.29 is 26.3 Å². The van der Waals surface area contributed by atoms with Crippen LogP contribution in [0, 0.1) is 0 Å². The SMILES string of the molecule is Nc1c(C(F)(F)F)c(C(F)(F)F)nc2ccccc12. The van der Waals surface area contributed by atoms with Crippen molar-refractivity contribution in [3.8, 4) is 0 Å². The lowest BCUT2D eigenvalue weighted by molar-refractivity contribution is -0.164. The molecule has 0 fully saturated rings. The number of benzene rings is 1. The molecule has 0 atom stereocenters. The number of halogens is 6. The predicted molar refractivity (Wildman–Crippen MR) is 56.2 cm³/mol. The molecule has 0 aliphatic rings. The van der Waals surface area contributed by atoms with Crippen LogP contribution in [0.3, 0.4) is 0 Å². The predicted octanol–water partition coefficient (Wildman–Crippen LogP) is 3.85. The summed E-state index contributed by atoms with van der Waals surface area (Å²) in [6, 6.07) is 5.09. The van der Waals surface area contributed by atoms with Gasteiger partial charge in [-0.25, -0.2) is 4.98 Å². The molecule has 2 rings (SSSR count). The number of rotatable bonds is 0. The molecular formula is C11H6F6N2. The zero-order valence-corrected chi connectivity index (χ0v) is 9.10. The van der Waals surface area contributed by atoms with Crippen molar-refractivity contribution in [1.29, 1.82) is 0 Å². The Morgan fingerprint density at radius 2 is 1.47 bits per heavy atom. The summed E-state index contributed by atoms with van der Waals surface area (Å²) in [5.74, 6) is 0. The molecule has 1 aromatic carbocycles. The van der Waals surface area contributed by atoms with Crippen molar-refractivity contribution in [3.05, 3.63) is 35.5 Å². The minimum Gasteiger partial charge on any atom is -0.398 e. The fourth-order valence-electron chi connectivity index (χ4n) is 1.73. The molecule has 1 heterocycles. The molecule has 0 saturated heterocycles. The van der Waals surface area contributed by atoms with Gasteiger partial charge in [-0.2, -0.15) is 26.3 Å². The maximum absolute atomic E-state index is 12.7. The van der Waals surface area contributed by atoms with Crippen LogP contribution in [0.4, 0.5) is 32.0 Å². The normalized spacial score (nSPS) is 12.9. The van der Waals surface area contributed by atoms with Crippen LogP contribution < -0.4 is 5.73 Å². The summed E-state index contributed by atoms with van der Waals surface area (Å²) in [5, 5.41) is -0.164. The summed E-state index contributed by atoms with van der Waals surface area (Å²) in [5.41, 5.74) is 0.0766. The van der Waals surface area contributed by atoms with E-state index in [9.17, 15) is 26.3 Å². The van der Waals surface area contributed by atoms with Gasteiger partial charge in [-0.15, -0.1) is 0 Å².